The SMILES string of the molecule is CC(C)(C)OC(=O)N1CCC(C(=O)ON2C(=O)c3ccccc3C2=O)(c2ccccc2)CC1. The van der Waals surface area contributed by atoms with Crippen molar-refractivity contribution >= 4 is 23.9 Å². The molecule has 0 unspecified atom stereocenters. The Hall–Kier alpha value is -3.68. The Morgan fingerprint density at radius 3 is 1.88 bits per heavy atom. The number of piperidine rings is 1. The molecule has 0 aliphatic carbocycles. The maximum absolute atomic E-state index is 13.5. The number of fused-ring (bicyclic) bond motifs is 1. The minimum atomic E-state index is -1.12. The van der Waals surface area contributed by atoms with Gasteiger partial charge >= 0.3 is 12.1 Å². The van der Waals surface area contributed by atoms with Gasteiger partial charge in [-0.15, -0.1) is 0 Å². The quantitative estimate of drug-likeness (QED) is 0.662. The number of nitrogens with zero attached hydrogens (tertiary/aromatic N) is 2. The lowest BCUT2D eigenvalue weighted by atomic mass is 9.73. The van der Waals surface area contributed by atoms with Crippen LogP contribution in [0, 0.1) is 0 Å². The molecule has 2 aromatic rings. The van der Waals surface area contributed by atoms with Crippen molar-refractivity contribution in [1.29, 1.82) is 0 Å². The third-order valence-electron chi connectivity index (χ3n) is 5.92. The monoisotopic (exact) mass is 450 g/mol. The van der Waals surface area contributed by atoms with Crippen LogP contribution >= 0.6 is 0 Å². The van der Waals surface area contributed by atoms with E-state index in [1.165, 1.54) is 12.1 Å². The first-order valence-corrected chi connectivity index (χ1v) is 10.9. The fourth-order valence-corrected chi connectivity index (χ4v) is 4.19. The Morgan fingerprint density at radius 2 is 1.36 bits per heavy atom. The molecule has 1 fully saturated rings. The summed E-state index contributed by atoms with van der Waals surface area (Å²) in [6.45, 7) is 5.91. The second-order valence-electron chi connectivity index (χ2n) is 9.24. The standard InChI is InChI=1S/C25H26N2O6/c1-24(2,3)32-23(31)26-15-13-25(14-16-26,17-9-5-4-6-10-17)22(30)33-27-20(28)18-11-7-8-12-19(18)21(27)29/h4-12H,13-16H2,1-3H3. The third-order valence-corrected chi connectivity index (χ3v) is 5.92. The predicted octanol–water partition coefficient (Wildman–Crippen LogP) is 3.71. The van der Waals surface area contributed by atoms with Crippen molar-refractivity contribution < 1.29 is 28.8 Å². The number of ether oxygens (including phenoxy) is 1. The molecule has 8 nitrogen and oxygen atoms in total. The van der Waals surface area contributed by atoms with E-state index < -0.39 is 34.9 Å². The number of carbonyl (C=O) groups is 4. The lowest BCUT2D eigenvalue weighted by Crippen LogP contribution is -2.52. The van der Waals surface area contributed by atoms with Crippen molar-refractivity contribution in [1.82, 2.24) is 9.96 Å². The van der Waals surface area contributed by atoms with Gasteiger partial charge < -0.3 is 14.5 Å². The van der Waals surface area contributed by atoms with Crippen molar-refractivity contribution in [3.63, 3.8) is 0 Å². The zero-order valence-electron chi connectivity index (χ0n) is 18.9. The molecule has 172 valence electrons. The topological polar surface area (TPSA) is 93.2 Å². The smallest absolute Gasteiger partial charge is 0.410 e. The zero-order valence-corrected chi connectivity index (χ0v) is 18.9. The van der Waals surface area contributed by atoms with Gasteiger partial charge in [0.25, 0.3) is 11.8 Å². The molecule has 4 rings (SSSR count). The fourth-order valence-electron chi connectivity index (χ4n) is 4.19. The molecule has 0 atom stereocenters. The van der Waals surface area contributed by atoms with Crippen molar-refractivity contribution in [2.75, 3.05) is 13.1 Å². The molecular weight excluding hydrogens is 424 g/mol. The molecule has 2 aliphatic heterocycles. The summed E-state index contributed by atoms with van der Waals surface area (Å²) in [4.78, 5) is 58.4. The lowest BCUT2D eigenvalue weighted by Gasteiger charge is -2.40. The Kier molecular flexibility index (Phi) is 5.69. The van der Waals surface area contributed by atoms with Crippen LogP contribution in [0.15, 0.2) is 54.6 Å². The molecule has 2 heterocycles. The molecule has 0 radical (unpaired) electrons. The molecule has 1 saturated heterocycles. The number of carbonyl (C=O) groups excluding carboxylic acids is 4. The summed E-state index contributed by atoms with van der Waals surface area (Å²) in [5.41, 5.74) is -0.645. The number of likely N-dealkylation sites (tertiary alicyclic amines) is 1. The average Bonchev–Trinajstić information content (AvgIpc) is 3.03. The van der Waals surface area contributed by atoms with E-state index in [0.717, 1.165) is 0 Å². The van der Waals surface area contributed by atoms with E-state index in [1.54, 1.807) is 37.8 Å². The van der Waals surface area contributed by atoms with Gasteiger partial charge in [-0.1, -0.05) is 47.5 Å². The van der Waals surface area contributed by atoms with Crippen LogP contribution in [0.25, 0.3) is 0 Å². The Morgan fingerprint density at radius 1 is 0.848 bits per heavy atom. The van der Waals surface area contributed by atoms with Gasteiger partial charge in [-0.05, 0) is 51.3 Å². The maximum Gasteiger partial charge on any atom is 0.410 e. The molecule has 0 N–H and O–H groups in total. The van der Waals surface area contributed by atoms with Crippen molar-refractivity contribution in [3.05, 3.63) is 71.3 Å². The minimum Gasteiger partial charge on any atom is -0.444 e. The number of hydroxylamine groups is 2. The first-order valence-electron chi connectivity index (χ1n) is 10.9. The zero-order chi connectivity index (χ0) is 23.8. The summed E-state index contributed by atoms with van der Waals surface area (Å²) in [7, 11) is 0. The number of rotatable bonds is 3. The number of benzene rings is 2. The molecule has 0 bridgehead atoms. The summed E-state index contributed by atoms with van der Waals surface area (Å²) in [6, 6.07) is 15.4. The van der Waals surface area contributed by atoms with Crippen LogP contribution in [0.1, 0.15) is 59.9 Å². The minimum absolute atomic E-state index is 0.198. The predicted molar refractivity (Wildman–Crippen MR) is 118 cm³/mol. The molecule has 0 spiro atoms. The van der Waals surface area contributed by atoms with Crippen LogP contribution in [0.3, 0.4) is 0 Å². The Balaban J connectivity index is 1.57. The molecule has 0 saturated carbocycles. The average molecular weight is 450 g/mol. The van der Waals surface area contributed by atoms with Gasteiger partial charge in [-0.25, -0.2) is 9.59 Å². The van der Waals surface area contributed by atoms with Gasteiger partial charge in [0.15, 0.2) is 0 Å². The van der Waals surface area contributed by atoms with E-state index in [9.17, 15) is 19.2 Å². The number of amides is 3. The number of imide groups is 1. The van der Waals surface area contributed by atoms with Crippen LogP contribution in [0.2, 0.25) is 0 Å². The molecule has 33 heavy (non-hydrogen) atoms. The van der Waals surface area contributed by atoms with Gasteiger partial charge in [0.1, 0.15) is 5.60 Å². The van der Waals surface area contributed by atoms with Crippen LogP contribution in [0.4, 0.5) is 4.79 Å². The van der Waals surface area contributed by atoms with E-state index in [4.69, 9.17) is 9.57 Å². The van der Waals surface area contributed by atoms with Crippen molar-refractivity contribution in [2.24, 2.45) is 0 Å². The largest absolute Gasteiger partial charge is 0.444 e. The molecule has 2 aliphatic rings. The Labute approximate surface area is 192 Å². The van der Waals surface area contributed by atoms with Gasteiger partial charge in [-0.2, -0.15) is 0 Å². The van der Waals surface area contributed by atoms with Crippen molar-refractivity contribution in [3.8, 4) is 0 Å². The maximum atomic E-state index is 13.5. The number of hydrogen-bond acceptors (Lipinski definition) is 6. The van der Waals surface area contributed by atoms with Crippen molar-refractivity contribution in [2.45, 2.75) is 44.6 Å². The summed E-state index contributed by atoms with van der Waals surface area (Å²) in [6.07, 6.45) is 0.0779. The highest BCUT2D eigenvalue weighted by atomic mass is 16.7. The molecule has 8 heteroatoms. The van der Waals surface area contributed by atoms with Gasteiger partial charge in [0.2, 0.25) is 0 Å². The van der Waals surface area contributed by atoms with Gasteiger partial charge in [0.05, 0.1) is 16.5 Å². The molecule has 0 aromatic heterocycles. The summed E-state index contributed by atoms with van der Waals surface area (Å²) in [5.74, 6) is -2.04. The van der Waals surface area contributed by atoms with E-state index in [2.05, 4.69) is 0 Å². The van der Waals surface area contributed by atoms with Gasteiger partial charge in [0, 0.05) is 13.1 Å². The van der Waals surface area contributed by atoms with E-state index >= 15 is 0 Å². The normalized spacial score (nSPS) is 17.5. The third kappa shape index (κ3) is 4.20. The van der Waals surface area contributed by atoms with Crippen LogP contribution in [-0.4, -0.2) is 52.5 Å². The van der Waals surface area contributed by atoms with E-state index in [-0.39, 0.29) is 37.1 Å². The summed E-state index contributed by atoms with van der Waals surface area (Å²) in [5, 5.41) is 0.540. The van der Waals surface area contributed by atoms with Gasteiger partial charge in [-0.3, -0.25) is 9.59 Å². The first-order chi connectivity index (χ1) is 15.6. The fraction of sp³-hybridized carbons (Fsp3) is 0.360. The molecular formula is C25H26N2O6. The highest BCUT2D eigenvalue weighted by Crippen LogP contribution is 2.38. The highest BCUT2D eigenvalue weighted by Gasteiger charge is 2.49. The molecule has 3 amide bonds. The second-order valence-corrected chi connectivity index (χ2v) is 9.24. The van der Waals surface area contributed by atoms with E-state index in [0.29, 0.717) is 10.6 Å². The van der Waals surface area contributed by atoms with Crippen LogP contribution < -0.4 is 0 Å². The first kappa shape index (κ1) is 22.5. The van der Waals surface area contributed by atoms with Crippen LogP contribution in [-0.2, 0) is 19.8 Å². The van der Waals surface area contributed by atoms with Crippen LogP contribution in [0.5, 0.6) is 0 Å². The lowest BCUT2D eigenvalue weighted by molar-refractivity contribution is -0.178. The molecule has 2 aromatic carbocycles. The number of hydrogen-bond donors (Lipinski definition) is 0. The Bertz CT molecular complexity index is 1060. The van der Waals surface area contributed by atoms with E-state index in [1.807, 2.05) is 30.3 Å². The summed E-state index contributed by atoms with van der Waals surface area (Å²) >= 11 is 0. The summed E-state index contributed by atoms with van der Waals surface area (Å²) < 4.78 is 5.46. The second kappa shape index (κ2) is 8.35. The highest BCUT2D eigenvalue weighted by molar-refractivity contribution is 6.21.